The minimum Gasteiger partial charge on any atom is -0.457 e. The fourth-order valence-electron chi connectivity index (χ4n) is 4.22. The van der Waals surface area contributed by atoms with E-state index in [2.05, 4.69) is 44.9 Å². The van der Waals surface area contributed by atoms with Gasteiger partial charge in [-0.3, -0.25) is 4.98 Å². The lowest BCUT2D eigenvalue weighted by atomic mass is 10.0. The van der Waals surface area contributed by atoms with Crippen molar-refractivity contribution in [2.24, 2.45) is 0 Å². The number of hydrogen-bond donors (Lipinski definition) is 2. The maximum Gasteiger partial charge on any atom is 0.148 e. The summed E-state index contributed by atoms with van der Waals surface area (Å²) in [4.78, 5) is 6.63. The van der Waals surface area contributed by atoms with Gasteiger partial charge in [0.25, 0.3) is 0 Å². The van der Waals surface area contributed by atoms with Gasteiger partial charge in [0.05, 0.1) is 24.2 Å². The average molecular weight is 527 g/mol. The quantitative estimate of drug-likeness (QED) is 0.255. The van der Waals surface area contributed by atoms with Crippen LogP contribution in [-0.4, -0.2) is 32.0 Å². The van der Waals surface area contributed by atoms with E-state index in [0.29, 0.717) is 19.6 Å². The van der Waals surface area contributed by atoms with E-state index in [0.717, 1.165) is 45.3 Å². The molecule has 1 aliphatic rings. The molecule has 0 radical (unpaired) electrons. The van der Waals surface area contributed by atoms with Gasteiger partial charge in [0.15, 0.2) is 0 Å². The van der Waals surface area contributed by atoms with Crippen LogP contribution >= 0.6 is 0 Å². The van der Waals surface area contributed by atoms with Crippen LogP contribution < -0.4 is 20.3 Å². The highest BCUT2D eigenvalue weighted by atomic mass is 32.2. The summed E-state index contributed by atoms with van der Waals surface area (Å²) in [6.45, 7) is 1.73. The number of benzene rings is 3. The predicted molar refractivity (Wildman–Crippen MR) is 154 cm³/mol. The molecule has 0 unspecified atom stereocenters. The first-order valence-electron chi connectivity index (χ1n) is 12.4. The van der Waals surface area contributed by atoms with E-state index >= 15 is 0 Å². The number of pyridine rings is 1. The number of aromatic nitrogens is 1. The Hall–Kier alpha value is -4.14. The summed E-state index contributed by atoms with van der Waals surface area (Å²) in [5.74, 6) is 1.70. The van der Waals surface area contributed by atoms with Gasteiger partial charge in [-0.2, -0.15) is 0 Å². The number of hydrogen-bond acceptors (Lipinski definition) is 7. The number of rotatable bonds is 10. The van der Waals surface area contributed by atoms with E-state index in [9.17, 15) is 8.42 Å². The van der Waals surface area contributed by atoms with Crippen molar-refractivity contribution in [2.45, 2.75) is 13.1 Å². The van der Waals surface area contributed by atoms with Crippen molar-refractivity contribution in [3.05, 3.63) is 114 Å². The standard InChI is InChI=1S/C30H30N4O3S/c1-38(35,36)17-15-31-19-23-6-5-7-26(18-23)34-16-14-24-20-32-21-30(29(24)22-34)33-25-10-12-28(13-11-25)37-27-8-3-2-4-9-27/h2-14,16,18,20-21,31,33H,15,17,19,22H2,1H3. The number of sulfone groups is 1. The van der Waals surface area contributed by atoms with Crippen LogP contribution in [0.4, 0.5) is 17.1 Å². The summed E-state index contributed by atoms with van der Waals surface area (Å²) < 4.78 is 28.6. The minimum absolute atomic E-state index is 0.130. The van der Waals surface area contributed by atoms with Crippen LogP contribution in [0.3, 0.4) is 0 Å². The molecule has 4 aromatic rings. The molecule has 0 saturated heterocycles. The minimum atomic E-state index is -2.97. The third-order valence-corrected chi connectivity index (χ3v) is 7.13. The fraction of sp³-hybridized carbons (Fsp3) is 0.167. The third-order valence-electron chi connectivity index (χ3n) is 6.19. The van der Waals surface area contributed by atoms with Crippen molar-refractivity contribution in [1.82, 2.24) is 10.3 Å². The number of ether oxygens (including phenoxy) is 1. The topological polar surface area (TPSA) is 83.6 Å². The van der Waals surface area contributed by atoms with Crippen molar-refractivity contribution in [2.75, 3.05) is 28.8 Å². The predicted octanol–water partition coefficient (Wildman–Crippen LogP) is 5.74. The lowest BCUT2D eigenvalue weighted by Gasteiger charge is -2.27. The molecule has 1 aliphatic heterocycles. The average Bonchev–Trinajstić information content (AvgIpc) is 2.92. The molecule has 2 N–H and O–H groups in total. The van der Waals surface area contributed by atoms with Crippen LogP contribution in [0.15, 0.2) is 97.5 Å². The van der Waals surface area contributed by atoms with Gasteiger partial charge in [0.2, 0.25) is 0 Å². The Morgan fingerprint density at radius 3 is 2.53 bits per heavy atom. The Balaban J connectivity index is 1.26. The highest BCUT2D eigenvalue weighted by Gasteiger charge is 2.17. The van der Waals surface area contributed by atoms with Crippen molar-refractivity contribution < 1.29 is 13.2 Å². The Labute approximate surface area is 223 Å². The van der Waals surface area contributed by atoms with E-state index in [1.165, 1.54) is 6.26 Å². The summed E-state index contributed by atoms with van der Waals surface area (Å²) in [5, 5.41) is 6.73. The number of fused-ring (bicyclic) bond motifs is 1. The Morgan fingerprint density at radius 1 is 0.947 bits per heavy atom. The number of para-hydroxylation sites is 1. The second-order valence-corrected chi connectivity index (χ2v) is 11.5. The van der Waals surface area contributed by atoms with E-state index in [-0.39, 0.29) is 5.75 Å². The molecule has 2 heterocycles. The molecule has 5 rings (SSSR count). The van der Waals surface area contributed by atoms with Crippen LogP contribution in [0.5, 0.6) is 11.5 Å². The van der Waals surface area contributed by atoms with Gasteiger partial charge in [-0.1, -0.05) is 30.3 Å². The normalized spacial score (nSPS) is 12.7. The van der Waals surface area contributed by atoms with Gasteiger partial charge in [0.1, 0.15) is 21.3 Å². The molecular weight excluding hydrogens is 496 g/mol. The van der Waals surface area contributed by atoms with Crippen LogP contribution in [0.25, 0.3) is 6.08 Å². The zero-order valence-electron chi connectivity index (χ0n) is 21.2. The van der Waals surface area contributed by atoms with Gasteiger partial charge < -0.3 is 20.3 Å². The first kappa shape index (κ1) is 25.5. The maximum absolute atomic E-state index is 11.4. The Kier molecular flexibility index (Phi) is 7.72. The summed E-state index contributed by atoms with van der Waals surface area (Å²) >= 11 is 0. The third kappa shape index (κ3) is 6.79. The molecule has 38 heavy (non-hydrogen) atoms. The molecular formula is C30H30N4O3S. The second kappa shape index (κ2) is 11.5. The fourth-order valence-corrected chi connectivity index (χ4v) is 4.74. The number of nitrogens with one attached hydrogen (secondary N) is 2. The maximum atomic E-state index is 11.4. The summed E-state index contributed by atoms with van der Waals surface area (Å²) in [7, 11) is -2.97. The lowest BCUT2D eigenvalue weighted by Crippen LogP contribution is -2.23. The van der Waals surface area contributed by atoms with E-state index < -0.39 is 9.84 Å². The van der Waals surface area contributed by atoms with Crippen molar-refractivity contribution in [1.29, 1.82) is 0 Å². The summed E-state index contributed by atoms with van der Waals surface area (Å²) in [6, 6.07) is 25.9. The lowest BCUT2D eigenvalue weighted by molar-refractivity contribution is 0.483. The molecule has 0 bridgehead atoms. The molecule has 0 amide bonds. The molecule has 3 aromatic carbocycles. The second-order valence-electron chi connectivity index (χ2n) is 9.24. The number of anilines is 3. The van der Waals surface area contributed by atoms with Gasteiger partial charge in [0, 0.05) is 54.2 Å². The first-order valence-corrected chi connectivity index (χ1v) is 14.5. The van der Waals surface area contributed by atoms with E-state index in [1.54, 1.807) is 0 Å². The number of nitrogens with zero attached hydrogens (tertiary/aromatic N) is 2. The van der Waals surface area contributed by atoms with Gasteiger partial charge in [-0.15, -0.1) is 0 Å². The summed E-state index contributed by atoms with van der Waals surface area (Å²) in [6.07, 6.45) is 9.13. The van der Waals surface area contributed by atoms with Crippen LogP contribution in [0, 0.1) is 0 Å². The summed E-state index contributed by atoms with van der Waals surface area (Å²) in [5.41, 5.74) is 6.30. The van der Waals surface area contributed by atoms with E-state index in [1.807, 2.05) is 79.1 Å². The monoisotopic (exact) mass is 526 g/mol. The van der Waals surface area contributed by atoms with Gasteiger partial charge in [-0.05, 0) is 60.2 Å². The van der Waals surface area contributed by atoms with Gasteiger partial charge >= 0.3 is 0 Å². The molecule has 7 nitrogen and oxygen atoms in total. The molecule has 1 aromatic heterocycles. The molecule has 0 atom stereocenters. The Bertz CT molecular complexity index is 1520. The molecule has 0 fully saturated rings. The van der Waals surface area contributed by atoms with Crippen molar-refractivity contribution in [3.8, 4) is 11.5 Å². The highest BCUT2D eigenvalue weighted by Crippen LogP contribution is 2.32. The van der Waals surface area contributed by atoms with E-state index in [4.69, 9.17) is 4.74 Å². The van der Waals surface area contributed by atoms with Crippen molar-refractivity contribution in [3.63, 3.8) is 0 Å². The Morgan fingerprint density at radius 2 is 1.74 bits per heavy atom. The van der Waals surface area contributed by atoms with Crippen molar-refractivity contribution >= 4 is 33.0 Å². The molecule has 194 valence electrons. The van der Waals surface area contributed by atoms with Crippen LogP contribution in [0.1, 0.15) is 16.7 Å². The smallest absolute Gasteiger partial charge is 0.148 e. The van der Waals surface area contributed by atoms with Crippen LogP contribution in [0.2, 0.25) is 0 Å². The SMILES string of the molecule is CS(=O)(=O)CCNCc1cccc(N2C=Cc3cncc(Nc4ccc(Oc5ccccc5)cc4)c3C2)c1. The molecule has 0 aliphatic carbocycles. The zero-order valence-corrected chi connectivity index (χ0v) is 22.0. The first-order chi connectivity index (χ1) is 18.4. The molecule has 0 saturated carbocycles. The highest BCUT2D eigenvalue weighted by molar-refractivity contribution is 7.90. The zero-order chi connectivity index (χ0) is 26.4. The molecule has 8 heteroatoms. The van der Waals surface area contributed by atoms with Crippen LogP contribution in [-0.2, 0) is 22.9 Å². The molecule has 0 spiro atoms. The van der Waals surface area contributed by atoms with Gasteiger partial charge in [-0.25, -0.2) is 8.42 Å². The largest absolute Gasteiger partial charge is 0.457 e.